The third kappa shape index (κ3) is 5.33. The first-order valence-electron chi connectivity index (χ1n) is 13.1. The minimum atomic E-state index is -2.75. The number of methoxy groups -OCH3 is 1. The first kappa shape index (κ1) is 25.8. The summed E-state index contributed by atoms with van der Waals surface area (Å²) in [6.45, 7) is 2.42. The van der Waals surface area contributed by atoms with Crippen molar-refractivity contribution in [2.24, 2.45) is 0 Å². The molecule has 2 aliphatic rings. The van der Waals surface area contributed by atoms with Gasteiger partial charge in [0.15, 0.2) is 5.65 Å². The van der Waals surface area contributed by atoms with Gasteiger partial charge in [0.05, 0.1) is 19.2 Å². The van der Waals surface area contributed by atoms with Crippen molar-refractivity contribution in [3.8, 4) is 5.75 Å². The number of benzene rings is 2. The van der Waals surface area contributed by atoms with Gasteiger partial charge in [-0.25, -0.2) is 13.6 Å². The van der Waals surface area contributed by atoms with Crippen LogP contribution in [-0.4, -0.2) is 69.8 Å². The maximum Gasteiger partial charge on any atom is 0.410 e. The Labute approximate surface area is 229 Å². The minimum absolute atomic E-state index is 0.207. The van der Waals surface area contributed by atoms with Crippen molar-refractivity contribution in [1.29, 1.82) is 0 Å². The second-order valence-electron chi connectivity index (χ2n) is 9.92. The zero-order chi connectivity index (χ0) is 27.7. The molecule has 0 radical (unpaired) electrons. The Hall–Kier alpha value is -4.48. The van der Waals surface area contributed by atoms with Crippen LogP contribution in [0.5, 0.6) is 5.75 Å². The molecular formula is C28H29F2N7O3. The maximum atomic E-state index is 14.0. The van der Waals surface area contributed by atoms with Gasteiger partial charge in [-0.15, -0.1) is 0 Å². The Balaban J connectivity index is 1.18. The Morgan fingerprint density at radius 3 is 2.42 bits per heavy atom. The van der Waals surface area contributed by atoms with E-state index in [1.54, 1.807) is 12.0 Å². The van der Waals surface area contributed by atoms with E-state index >= 15 is 0 Å². The molecule has 0 spiro atoms. The second-order valence-corrected chi connectivity index (χ2v) is 9.92. The number of aromatic nitrogens is 4. The van der Waals surface area contributed by atoms with Gasteiger partial charge in [-0.1, -0.05) is 42.5 Å². The molecule has 2 aromatic heterocycles. The second kappa shape index (κ2) is 10.6. The number of carbonyl (C=O) groups is 1. The molecule has 1 amide bonds. The average molecular weight is 550 g/mol. The summed E-state index contributed by atoms with van der Waals surface area (Å²) in [6, 6.07) is 17.1. The van der Waals surface area contributed by atoms with Gasteiger partial charge in [0.2, 0.25) is 11.9 Å². The summed E-state index contributed by atoms with van der Waals surface area (Å²) in [5.74, 6) is -2.11. The van der Waals surface area contributed by atoms with Crippen molar-refractivity contribution in [2.75, 3.05) is 43.5 Å². The lowest BCUT2D eigenvalue weighted by atomic mass is 10.2. The molecule has 208 valence electrons. The van der Waals surface area contributed by atoms with Gasteiger partial charge in [0.25, 0.3) is 5.92 Å². The molecule has 1 N–H and O–H groups in total. The summed E-state index contributed by atoms with van der Waals surface area (Å²) in [7, 11) is 1.61. The van der Waals surface area contributed by atoms with Crippen LogP contribution in [0.2, 0.25) is 0 Å². The number of fused-ring (bicyclic) bond motifs is 1. The van der Waals surface area contributed by atoms with Crippen LogP contribution in [0.1, 0.15) is 29.0 Å². The Bertz CT molecular complexity index is 1490. The third-order valence-electron chi connectivity index (χ3n) is 7.22. The van der Waals surface area contributed by atoms with Crippen molar-refractivity contribution in [3.05, 3.63) is 77.5 Å². The van der Waals surface area contributed by atoms with Gasteiger partial charge in [-0.3, -0.25) is 0 Å². The van der Waals surface area contributed by atoms with Gasteiger partial charge in [-0.2, -0.15) is 19.6 Å². The SMILES string of the molecule is COc1ccc(CNc2nc(N3CCN(C(=O)OCc4ccccc4)CC3)nc3c(C4CC4(F)F)cnn23)cc1. The average Bonchev–Trinajstić information content (AvgIpc) is 3.41. The van der Waals surface area contributed by atoms with Crippen LogP contribution >= 0.6 is 0 Å². The van der Waals surface area contributed by atoms with Crippen molar-refractivity contribution >= 4 is 23.6 Å². The van der Waals surface area contributed by atoms with Gasteiger partial charge in [0.1, 0.15) is 12.4 Å². The molecule has 4 aromatic rings. The van der Waals surface area contributed by atoms with Crippen LogP contribution in [0.3, 0.4) is 0 Å². The fourth-order valence-corrected chi connectivity index (χ4v) is 4.76. The summed E-state index contributed by atoms with van der Waals surface area (Å²) in [5, 5.41) is 7.62. The minimum Gasteiger partial charge on any atom is -0.497 e. The van der Waals surface area contributed by atoms with Crippen molar-refractivity contribution in [2.45, 2.75) is 31.4 Å². The highest BCUT2D eigenvalue weighted by molar-refractivity contribution is 5.68. The van der Waals surface area contributed by atoms with Crippen LogP contribution in [0.15, 0.2) is 60.8 Å². The maximum absolute atomic E-state index is 14.0. The summed E-state index contributed by atoms with van der Waals surface area (Å²) in [4.78, 5) is 25.6. The van der Waals surface area contributed by atoms with Crippen LogP contribution < -0.4 is 15.0 Å². The number of halogens is 2. The highest BCUT2D eigenvalue weighted by Gasteiger charge is 2.59. The summed E-state index contributed by atoms with van der Waals surface area (Å²) < 4.78 is 40.2. The number of piperazine rings is 1. The number of amides is 1. The molecule has 6 rings (SSSR count). The molecule has 40 heavy (non-hydrogen) atoms. The van der Waals surface area contributed by atoms with E-state index in [9.17, 15) is 13.6 Å². The van der Waals surface area contributed by atoms with E-state index in [0.717, 1.165) is 16.9 Å². The molecule has 1 atom stereocenters. The monoisotopic (exact) mass is 549 g/mol. The highest BCUT2D eigenvalue weighted by atomic mass is 19.3. The molecule has 2 fully saturated rings. The Morgan fingerprint density at radius 2 is 1.75 bits per heavy atom. The number of hydrogen-bond donors (Lipinski definition) is 1. The predicted octanol–water partition coefficient (Wildman–Crippen LogP) is 4.33. The molecular weight excluding hydrogens is 520 g/mol. The van der Waals surface area contributed by atoms with E-state index in [-0.39, 0.29) is 19.1 Å². The number of alkyl halides is 2. The molecule has 0 bridgehead atoms. The van der Waals surface area contributed by atoms with Crippen LogP contribution in [-0.2, 0) is 17.9 Å². The first-order chi connectivity index (χ1) is 19.4. The molecule has 12 heteroatoms. The molecule has 3 heterocycles. The number of nitrogens with zero attached hydrogens (tertiary/aromatic N) is 6. The van der Waals surface area contributed by atoms with E-state index in [2.05, 4.69) is 15.4 Å². The van der Waals surface area contributed by atoms with Gasteiger partial charge >= 0.3 is 6.09 Å². The van der Waals surface area contributed by atoms with Crippen LogP contribution in [0, 0.1) is 0 Å². The fraction of sp³-hybridized carbons (Fsp3) is 0.357. The standard InChI is InChI=1S/C28H29F2N7O3/c1-39-21-9-7-19(8-10-21)16-31-25-34-26(33-24-22(17-32-37(24)25)23-15-28(23,29)30)35-11-13-36(14-12-35)27(38)40-18-20-5-3-2-4-6-20/h2-10,17,23H,11-16,18H2,1H3,(H,31,33,34). The molecule has 1 saturated carbocycles. The lowest BCUT2D eigenvalue weighted by molar-refractivity contribution is 0.0940. The van der Waals surface area contributed by atoms with Gasteiger partial charge < -0.3 is 24.6 Å². The van der Waals surface area contributed by atoms with E-state index in [4.69, 9.17) is 14.5 Å². The third-order valence-corrected chi connectivity index (χ3v) is 7.22. The van der Waals surface area contributed by atoms with Crippen LogP contribution in [0.4, 0.5) is 25.5 Å². The van der Waals surface area contributed by atoms with Gasteiger partial charge in [0, 0.05) is 44.7 Å². The van der Waals surface area contributed by atoms with Crippen LogP contribution in [0.25, 0.3) is 5.65 Å². The topological polar surface area (TPSA) is 97.1 Å². The largest absolute Gasteiger partial charge is 0.497 e. The van der Waals surface area contributed by atoms with Crippen molar-refractivity contribution in [3.63, 3.8) is 0 Å². The highest BCUT2D eigenvalue weighted by Crippen LogP contribution is 2.56. The van der Waals surface area contributed by atoms with Crippen molar-refractivity contribution in [1.82, 2.24) is 24.5 Å². The van der Waals surface area contributed by atoms with Gasteiger partial charge in [-0.05, 0) is 23.3 Å². The van der Waals surface area contributed by atoms with E-state index in [0.29, 0.717) is 55.8 Å². The summed E-state index contributed by atoms with van der Waals surface area (Å²) in [6.07, 6.45) is 0.862. The fourth-order valence-electron chi connectivity index (χ4n) is 4.76. The molecule has 1 unspecified atom stereocenters. The molecule has 1 aliphatic heterocycles. The van der Waals surface area contributed by atoms with E-state index in [1.807, 2.05) is 59.5 Å². The Kier molecular flexibility index (Phi) is 6.82. The lowest BCUT2D eigenvalue weighted by Gasteiger charge is -2.34. The number of ether oxygens (including phenoxy) is 2. The zero-order valence-corrected chi connectivity index (χ0v) is 22.0. The Morgan fingerprint density at radius 1 is 1.02 bits per heavy atom. The lowest BCUT2D eigenvalue weighted by Crippen LogP contribution is -2.49. The number of carbonyl (C=O) groups excluding carboxylic acids is 1. The molecule has 1 saturated heterocycles. The summed E-state index contributed by atoms with van der Waals surface area (Å²) >= 11 is 0. The predicted molar refractivity (Wildman–Crippen MR) is 144 cm³/mol. The van der Waals surface area contributed by atoms with E-state index < -0.39 is 11.8 Å². The molecule has 2 aromatic carbocycles. The number of nitrogens with one attached hydrogen (secondary N) is 1. The van der Waals surface area contributed by atoms with Crippen molar-refractivity contribution < 1.29 is 23.0 Å². The number of hydrogen-bond acceptors (Lipinski definition) is 8. The molecule has 1 aliphatic carbocycles. The first-order valence-corrected chi connectivity index (χ1v) is 13.1. The summed E-state index contributed by atoms with van der Waals surface area (Å²) in [5.41, 5.74) is 2.67. The van der Waals surface area contributed by atoms with E-state index in [1.165, 1.54) is 10.7 Å². The zero-order valence-electron chi connectivity index (χ0n) is 22.0. The molecule has 10 nitrogen and oxygen atoms in total. The number of anilines is 2. The normalized spacial score (nSPS) is 18.0. The number of rotatable bonds is 8. The quantitative estimate of drug-likeness (QED) is 0.347. The smallest absolute Gasteiger partial charge is 0.410 e.